The van der Waals surface area contributed by atoms with Crippen LogP contribution in [-0.4, -0.2) is 0 Å². The summed E-state index contributed by atoms with van der Waals surface area (Å²) in [5, 5.41) is 0. The van der Waals surface area contributed by atoms with Crippen LogP contribution in [0.15, 0.2) is 194 Å². The van der Waals surface area contributed by atoms with Crippen LogP contribution in [0.2, 0.25) is 0 Å². The second kappa shape index (κ2) is 17.9. The number of nitrogens with zero attached hydrogens (tertiary/aromatic N) is 2. The Morgan fingerprint density at radius 1 is 0.333 bits per heavy atom. The zero-order chi connectivity index (χ0) is 37.0. The van der Waals surface area contributed by atoms with E-state index in [2.05, 4.69) is 230 Å². The number of hydrogen-bond donors (Lipinski definition) is 0. The summed E-state index contributed by atoms with van der Waals surface area (Å²) in [6.45, 7) is 4.51. The van der Waals surface area contributed by atoms with E-state index in [9.17, 15) is 0 Å². The first-order valence-corrected chi connectivity index (χ1v) is 19.2. The van der Waals surface area contributed by atoms with Crippen molar-refractivity contribution in [1.29, 1.82) is 0 Å². The fourth-order valence-electron chi connectivity index (χ4n) is 7.08. The van der Waals surface area contributed by atoms with Crippen LogP contribution in [0.4, 0.5) is 34.1 Å². The number of hydrogen-bond acceptors (Lipinski definition) is 2. The van der Waals surface area contributed by atoms with Crippen LogP contribution in [0.5, 0.6) is 0 Å². The van der Waals surface area contributed by atoms with Gasteiger partial charge in [0.15, 0.2) is 0 Å². The molecule has 0 aliphatic heterocycles. The molecule has 0 amide bonds. The van der Waals surface area contributed by atoms with Gasteiger partial charge in [0, 0.05) is 34.1 Å². The lowest BCUT2D eigenvalue weighted by molar-refractivity contribution is 0.976. The minimum Gasteiger partial charge on any atom is -0.311 e. The van der Waals surface area contributed by atoms with Crippen LogP contribution < -0.4 is 9.80 Å². The Labute approximate surface area is 322 Å². The molecule has 0 aliphatic carbocycles. The van der Waals surface area contributed by atoms with Gasteiger partial charge < -0.3 is 9.80 Å². The summed E-state index contributed by atoms with van der Waals surface area (Å²) < 4.78 is 0. The minimum absolute atomic E-state index is 1.02. The fraction of sp³-hybridized carbons (Fsp3) is 0.115. The predicted octanol–water partition coefficient (Wildman–Crippen LogP) is 15.3. The first kappa shape index (κ1) is 36.0. The highest BCUT2D eigenvalue weighted by Crippen LogP contribution is 2.37. The van der Waals surface area contributed by atoms with Gasteiger partial charge in [0.1, 0.15) is 0 Å². The van der Waals surface area contributed by atoms with E-state index in [1.807, 2.05) is 0 Å². The number of allylic oxidation sites excluding steroid dienone is 2. The average molecular weight is 701 g/mol. The lowest BCUT2D eigenvalue weighted by Crippen LogP contribution is -2.09. The van der Waals surface area contributed by atoms with E-state index in [0.717, 1.165) is 59.8 Å². The van der Waals surface area contributed by atoms with E-state index in [0.29, 0.717) is 0 Å². The zero-order valence-electron chi connectivity index (χ0n) is 31.4. The molecule has 0 radical (unpaired) electrons. The number of anilines is 6. The Morgan fingerprint density at radius 3 is 0.852 bits per heavy atom. The summed E-state index contributed by atoms with van der Waals surface area (Å²) in [6, 6.07) is 69.4. The van der Waals surface area contributed by atoms with Gasteiger partial charge in [-0.05, 0) is 119 Å². The van der Waals surface area contributed by atoms with Gasteiger partial charge in [-0.2, -0.15) is 0 Å². The Hall–Kier alpha value is -6.38. The lowest BCUT2D eigenvalue weighted by Gasteiger charge is -2.25. The van der Waals surface area contributed by atoms with E-state index in [1.165, 1.54) is 33.4 Å². The largest absolute Gasteiger partial charge is 0.311 e. The minimum atomic E-state index is 1.02. The molecule has 0 aromatic heterocycles. The highest BCUT2D eigenvalue weighted by atomic mass is 15.1. The van der Waals surface area contributed by atoms with Gasteiger partial charge in [0.2, 0.25) is 0 Å². The van der Waals surface area contributed by atoms with Crippen molar-refractivity contribution in [3.05, 3.63) is 216 Å². The van der Waals surface area contributed by atoms with Gasteiger partial charge in [-0.3, -0.25) is 0 Å². The Bertz CT molecular complexity index is 1990. The molecule has 0 atom stereocenters. The van der Waals surface area contributed by atoms with E-state index in [-0.39, 0.29) is 0 Å². The standard InChI is InChI=1S/C52H48N2/c1-3-17-45(43-31-35-51(36-32-43)53(47-19-9-5-10-20-47)48-21-11-6-12-22-48)39-41-27-29-42(30-28-41)40-46(18-4-2)44-33-37-52(38-34-44)54(49-23-13-7-14-24-49)50-25-15-8-16-26-50/h5-16,19-40H,3-4,17-18H2,1-2H3. The first-order valence-electron chi connectivity index (χ1n) is 19.2. The highest BCUT2D eigenvalue weighted by Gasteiger charge is 2.14. The molecular weight excluding hydrogens is 653 g/mol. The van der Waals surface area contributed by atoms with Crippen molar-refractivity contribution in [3.63, 3.8) is 0 Å². The lowest BCUT2D eigenvalue weighted by atomic mass is 9.96. The summed E-state index contributed by atoms with van der Waals surface area (Å²) in [7, 11) is 0. The molecule has 0 aliphatic rings. The molecule has 7 rings (SSSR count). The molecule has 7 aromatic carbocycles. The van der Waals surface area contributed by atoms with Crippen LogP contribution in [0.3, 0.4) is 0 Å². The van der Waals surface area contributed by atoms with Crippen molar-refractivity contribution < 1.29 is 0 Å². The second-order valence-corrected chi connectivity index (χ2v) is 13.6. The molecule has 0 fully saturated rings. The second-order valence-electron chi connectivity index (χ2n) is 13.6. The molecule has 54 heavy (non-hydrogen) atoms. The third-order valence-corrected chi connectivity index (χ3v) is 9.71. The van der Waals surface area contributed by atoms with Crippen LogP contribution in [-0.2, 0) is 0 Å². The van der Waals surface area contributed by atoms with Crippen molar-refractivity contribution in [1.82, 2.24) is 0 Å². The highest BCUT2D eigenvalue weighted by molar-refractivity contribution is 5.86. The van der Waals surface area contributed by atoms with Crippen molar-refractivity contribution in [2.75, 3.05) is 9.80 Å². The third-order valence-electron chi connectivity index (χ3n) is 9.71. The molecule has 0 spiro atoms. The topological polar surface area (TPSA) is 6.48 Å². The van der Waals surface area contributed by atoms with E-state index >= 15 is 0 Å². The van der Waals surface area contributed by atoms with Crippen molar-refractivity contribution in [2.45, 2.75) is 39.5 Å². The van der Waals surface area contributed by atoms with Crippen molar-refractivity contribution >= 4 is 57.4 Å². The molecule has 0 N–H and O–H groups in total. The normalized spacial score (nSPS) is 11.7. The van der Waals surface area contributed by atoms with Crippen LogP contribution in [0.25, 0.3) is 23.3 Å². The Balaban J connectivity index is 1.12. The number of para-hydroxylation sites is 4. The molecule has 266 valence electrons. The maximum Gasteiger partial charge on any atom is 0.0462 e. The number of rotatable bonds is 14. The maximum absolute atomic E-state index is 2.36. The van der Waals surface area contributed by atoms with Crippen molar-refractivity contribution in [2.24, 2.45) is 0 Å². The van der Waals surface area contributed by atoms with Gasteiger partial charge in [0.25, 0.3) is 0 Å². The first-order chi connectivity index (χ1) is 26.7. The van der Waals surface area contributed by atoms with Crippen molar-refractivity contribution in [3.8, 4) is 0 Å². The van der Waals surface area contributed by atoms with Gasteiger partial charge in [0.05, 0.1) is 0 Å². The maximum atomic E-state index is 2.36. The molecule has 0 heterocycles. The summed E-state index contributed by atoms with van der Waals surface area (Å²) >= 11 is 0. The van der Waals surface area contributed by atoms with Gasteiger partial charge in [-0.1, -0.05) is 160 Å². The van der Waals surface area contributed by atoms with Gasteiger partial charge in [-0.25, -0.2) is 0 Å². The molecule has 7 aromatic rings. The van der Waals surface area contributed by atoms with E-state index in [1.54, 1.807) is 0 Å². The predicted molar refractivity (Wildman–Crippen MR) is 234 cm³/mol. The van der Waals surface area contributed by atoms with E-state index < -0.39 is 0 Å². The monoisotopic (exact) mass is 700 g/mol. The third kappa shape index (κ3) is 8.80. The molecule has 0 saturated heterocycles. The smallest absolute Gasteiger partial charge is 0.0462 e. The summed E-state index contributed by atoms with van der Waals surface area (Å²) in [6.07, 6.45) is 8.92. The van der Waals surface area contributed by atoms with Gasteiger partial charge >= 0.3 is 0 Å². The number of benzene rings is 7. The van der Waals surface area contributed by atoms with Gasteiger partial charge in [-0.15, -0.1) is 0 Å². The Morgan fingerprint density at radius 2 is 0.593 bits per heavy atom. The molecule has 2 heteroatoms. The van der Waals surface area contributed by atoms with Crippen LogP contribution in [0, 0.1) is 0 Å². The van der Waals surface area contributed by atoms with Crippen LogP contribution in [0.1, 0.15) is 61.8 Å². The summed E-state index contributed by atoms with van der Waals surface area (Å²) in [5.74, 6) is 0. The summed E-state index contributed by atoms with van der Waals surface area (Å²) in [5.41, 5.74) is 14.5. The fourth-order valence-corrected chi connectivity index (χ4v) is 7.08. The zero-order valence-corrected chi connectivity index (χ0v) is 31.4. The Kier molecular flexibility index (Phi) is 11.9. The van der Waals surface area contributed by atoms with Crippen LogP contribution >= 0.6 is 0 Å². The van der Waals surface area contributed by atoms with E-state index in [4.69, 9.17) is 0 Å². The molecular formula is C52H48N2. The molecule has 0 unspecified atom stereocenters. The molecule has 0 saturated carbocycles. The SMILES string of the molecule is CCCC(=Cc1ccc(C=C(CCC)c2ccc(N(c3ccccc3)c3ccccc3)cc2)cc1)c1ccc(N(c2ccccc2)c2ccccc2)cc1. The molecule has 0 bridgehead atoms. The average Bonchev–Trinajstić information content (AvgIpc) is 3.23. The molecule has 2 nitrogen and oxygen atoms in total. The quantitative estimate of drug-likeness (QED) is 0.104. The summed E-state index contributed by atoms with van der Waals surface area (Å²) in [4.78, 5) is 4.62.